The Morgan fingerprint density at radius 3 is 2.69 bits per heavy atom. The van der Waals surface area contributed by atoms with Gasteiger partial charge in [0, 0.05) is 19.8 Å². The summed E-state index contributed by atoms with van der Waals surface area (Å²) in [6.45, 7) is 1.84. The van der Waals surface area contributed by atoms with Crippen LogP contribution in [-0.2, 0) is 14.3 Å². The molecule has 0 spiro atoms. The van der Waals surface area contributed by atoms with Gasteiger partial charge >= 0.3 is 5.97 Å². The van der Waals surface area contributed by atoms with Gasteiger partial charge in [0.2, 0.25) is 0 Å². The molecular weight excluding hydrogens is 170 g/mol. The van der Waals surface area contributed by atoms with E-state index in [1.54, 1.807) is 0 Å². The van der Waals surface area contributed by atoms with Gasteiger partial charge in [-0.3, -0.25) is 4.79 Å². The van der Waals surface area contributed by atoms with E-state index >= 15 is 0 Å². The lowest BCUT2D eigenvalue weighted by Gasteiger charge is -2.27. The molecule has 1 rings (SSSR count). The second kappa shape index (κ2) is 5.19. The second-order valence-corrected chi connectivity index (χ2v) is 3.32. The Hall–Kier alpha value is -0.610. The van der Waals surface area contributed by atoms with Crippen molar-refractivity contribution in [2.75, 3.05) is 26.9 Å². The third-order valence-electron chi connectivity index (χ3n) is 2.59. The molecule has 0 saturated carbocycles. The van der Waals surface area contributed by atoms with Gasteiger partial charge in [-0.15, -0.1) is 0 Å². The van der Waals surface area contributed by atoms with Crippen LogP contribution in [0, 0.1) is 11.8 Å². The van der Waals surface area contributed by atoms with Crippen molar-refractivity contribution in [1.29, 1.82) is 0 Å². The van der Waals surface area contributed by atoms with E-state index in [9.17, 15) is 4.79 Å². The molecule has 0 aromatic rings. The fourth-order valence-electron chi connectivity index (χ4n) is 1.75. The summed E-state index contributed by atoms with van der Waals surface area (Å²) < 4.78 is 9.91. The quantitative estimate of drug-likeness (QED) is 0.639. The Kier molecular flexibility index (Phi) is 4.18. The molecule has 0 unspecified atom stereocenters. The SMILES string of the molecule is COC(=O)[C@@H](CN)C1CCOCC1. The summed E-state index contributed by atoms with van der Waals surface area (Å²) in [6.07, 6.45) is 1.83. The molecule has 1 aliphatic rings. The van der Waals surface area contributed by atoms with Crippen molar-refractivity contribution in [1.82, 2.24) is 0 Å². The third kappa shape index (κ3) is 2.67. The van der Waals surface area contributed by atoms with Gasteiger partial charge in [-0.1, -0.05) is 0 Å². The molecule has 2 N–H and O–H groups in total. The molecule has 1 heterocycles. The highest BCUT2D eigenvalue weighted by Gasteiger charge is 2.29. The van der Waals surface area contributed by atoms with Crippen molar-refractivity contribution in [3.05, 3.63) is 0 Å². The zero-order valence-corrected chi connectivity index (χ0v) is 7.99. The number of methoxy groups -OCH3 is 1. The van der Waals surface area contributed by atoms with Crippen LogP contribution >= 0.6 is 0 Å². The van der Waals surface area contributed by atoms with Crippen LogP contribution in [0.5, 0.6) is 0 Å². The Morgan fingerprint density at radius 1 is 1.62 bits per heavy atom. The molecule has 0 aromatic carbocycles. The van der Waals surface area contributed by atoms with E-state index in [1.807, 2.05) is 0 Å². The van der Waals surface area contributed by atoms with Gasteiger partial charge < -0.3 is 15.2 Å². The molecule has 0 aliphatic carbocycles. The smallest absolute Gasteiger partial charge is 0.310 e. The molecule has 1 atom stereocenters. The molecule has 4 nitrogen and oxygen atoms in total. The predicted molar refractivity (Wildman–Crippen MR) is 48.1 cm³/mol. The number of hydrogen-bond acceptors (Lipinski definition) is 4. The van der Waals surface area contributed by atoms with Crippen LogP contribution in [0.2, 0.25) is 0 Å². The number of esters is 1. The first-order chi connectivity index (χ1) is 6.29. The molecule has 0 bridgehead atoms. The van der Waals surface area contributed by atoms with Gasteiger partial charge in [0.15, 0.2) is 0 Å². The topological polar surface area (TPSA) is 61.5 Å². The number of carbonyl (C=O) groups is 1. The average Bonchev–Trinajstić information content (AvgIpc) is 2.20. The van der Waals surface area contributed by atoms with Gasteiger partial charge in [-0.2, -0.15) is 0 Å². The van der Waals surface area contributed by atoms with Crippen LogP contribution in [0.15, 0.2) is 0 Å². The number of ether oxygens (including phenoxy) is 2. The van der Waals surface area contributed by atoms with Crippen LogP contribution in [0.1, 0.15) is 12.8 Å². The third-order valence-corrected chi connectivity index (χ3v) is 2.59. The molecule has 0 radical (unpaired) electrons. The van der Waals surface area contributed by atoms with Gasteiger partial charge in [-0.25, -0.2) is 0 Å². The molecular formula is C9H17NO3. The van der Waals surface area contributed by atoms with E-state index in [4.69, 9.17) is 15.2 Å². The molecule has 1 aliphatic heterocycles. The van der Waals surface area contributed by atoms with Crippen LogP contribution in [0.4, 0.5) is 0 Å². The lowest BCUT2D eigenvalue weighted by molar-refractivity contribution is -0.148. The molecule has 76 valence electrons. The minimum atomic E-state index is -0.186. The molecule has 0 aromatic heterocycles. The van der Waals surface area contributed by atoms with Crippen LogP contribution < -0.4 is 5.73 Å². The van der Waals surface area contributed by atoms with Crippen LogP contribution in [0.3, 0.4) is 0 Å². The van der Waals surface area contributed by atoms with Crippen molar-refractivity contribution >= 4 is 5.97 Å². The second-order valence-electron chi connectivity index (χ2n) is 3.32. The maximum Gasteiger partial charge on any atom is 0.310 e. The van der Waals surface area contributed by atoms with Crippen molar-refractivity contribution in [3.63, 3.8) is 0 Å². The molecule has 13 heavy (non-hydrogen) atoms. The van der Waals surface area contributed by atoms with E-state index < -0.39 is 0 Å². The van der Waals surface area contributed by atoms with Crippen LogP contribution in [0.25, 0.3) is 0 Å². The van der Waals surface area contributed by atoms with Crippen LogP contribution in [-0.4, -0.2) is 32.8 Å². The van der Waals surface area contributed by atoms with Gasteiger partial charge in [-0.05, 0) is 18.8 Å². The first-order valence-corrected chi connectivity index (χ1v) is 4.65. The van der Waals surface area contributed by atoms with Crippen molar-refractivity contribution in [2.24, 2.45) is 17.6 Å². The summed E-state index contributed by atoms with van der Waals surface area (Å²) in [6, 6.07) is 0. The van der Waals surface area contributed by atoms with E-state index in [2.05, 4.69) is 0 Å². The fraction of sp³-hybridized carbons (Fsp3) is 0.889. The Morgan fingerprint density at radius 2 is 2.23 bits per heavy atom. The molecule has 1 saturated heterocycles. The summed E-state index contributed by atoms with van der Waals surface area (Å²) in [5.41, 5.74) is 5.54. The maximum atomic E-state index is 11.3. The molecule has 4 heteroatoms. The van der Waals surface area contributed by atoms with E-state index in [0.717, 1.165) is 26.1 Å². The van der Waals surface area contributed by atoms with E-state index in [0.29, 0.717) is 12.5 Å². The number of rotatable bonds is 3. The highest BCUT2D eigenvalue weighted by atomic mass is 16.5. The zero-order chi connectivity index (χ0) is 9.68. The average molecular weight is 187 g/mol. The molecule has 1 fully saturated rings. The maximum absolute atomic E-state index is 11.3. The number of hydrogen-bond donors (Lipinski definition) is 1. The Labute approximate surface area is 78.4 Å². The van der Waals surface area contributed by atoms with Crippen molar-refractivity contribution in [2.45, 2.75) is 12.8 Å². The first kappa shape index (κ1) is 10.5. The summed E-state index contributed by atoms with van der Waals surface area (Å²) in [5.74, 6) is 0.00880. The monoisotopic (exact) mass is 187 g/mol. The summed E-state index contributed by atoms with van der Waals surface area (Å²) in [7, 11) is 1.41. The predicted octanol–water partition coefficient (Wildman–Crippen LogP) is 0.161. The van der Waals surface area contributed by atoms with E-state index in [-0.39, 0.29) is 11.9 Å². The standard InChI is InChI=1S/C9H17NO3/c1-12-9(11)8(6-10)7-2-4-13-5-3-7/h7-8H,2-6,10H2,1H3/t8-/m0/s1. The van der Waals surface area contributed by atoms with Gasteiger partial charge in [0.1, 0.15) is 0 Å². The normalized spacial score (nSPS) is 21.1. The minimum absolute atomic E-state index is 0.145. The minimum Gasteiger partial charge on any atom is -0.469 e. The summed E-state index contributed by atoms with van der Waals surface area (Å²) >= 11 is 0. The van der Waals surface area contributed by atoms with Crippen molar-refractivity contribution < 1.29 is 14.3 Å². The van der Waals surface area contributed by atoms with Gasteiger partial charge in [0.05, 0.1) is 13.0 Å². The highest BCUT2D eigenvalue weighted by molar-refractivity contribution is 5.72. The van der Waals surface area contributed by atoms with E-state index in [1.165, 1.54) is 7.11 Å². The number of nitrogens with two attached hydrogens (primary N) is 1. The number of carbonyl (C=O) groups excluding carboxylic acids is 1. The lowest BCUT2D eigenvalue weighted by Crippen LogP contribution is -2.35. The Bertz CT molecular complexity index is 166. The zero-order valence-electron chi connectivity index (χ0n) is 7.99. The van der Waals surface area contributed by atoms with Gasteiger partial charge in [0.25, 0.3) is 0 Å². The van der Waals surface area contributed by atoms with Crippen molar-refractivity contribution in [3.8, 4) is 0 Å². The Balaban J connectivity index is 2.48. The fourth-order valence-corrected chi connectivity index (χ4v) is 1.75. The largest absolute Gasteiger partial charge is 0.469 e. The summed E-state index contributed by atoms with van der Waals surface area (Å²) in [4.78, 5) is 11.3. The molecule has 0 amide bonds. The highest BCUT2D eigenvalue weighted by Crippen LogP contribution is 2.23. The lowest BCUT2D eigenvalue weighted by atomic mass is 9.86. The summed E-state index contributed by atoms with van der Waals surface area (Å²) in [5, 5.41) is 0. The first-order valence-electron chi connectivity index (χ1n) is 4.65.